The van der Waals surface area contributed by atoms with Crippen molar-refractivity contribution in [1.82, 2.24) is 4.31 Å². The van der Waals surface area contributed by atoms with E-state index in [0.717, 1.165) is 6.07 Å². The summed E-state index contributed by atoms with van der Waals surface area (Å²) in [7, 11) is -3.65. The highest BCUT2D eigenvalue weighted by Crippen LogP contribution is 2.23. The number of halogens is 2. The van der Waals surface area contributed by atoms with Crippen molar-refractivity contribution >= 4 is 33.2 Å². The third-order valence-corrected chi connectivity index (χ3v) is 6.56. The molecule has 2 aromatic carbocycles. The molecule has 2 atom stereocenters. The normalized spacial score (nSPS) is 20.0. The number of rotatable bonds is 6. The zero-order chi connectivity index (χ0) is 21.9. The second-order valence-electron chi connectivity index (χ2n) is 7.02. The molecule has 0 saturated carbocycles. The fourth-order valence-electron chi connectivity index (χ4n) is 3.10. The van der Waals surface area contributed by atoms with Crippen LogP contribution in [0.15, 0.2) is 47.4 Å². The lowest BCUT2D eigenvalue weighted by molar-refractivity contribution is -0.118. The van der Waals surface area contributed by atoms with Crippen LogP contribution in [-0.4, -0.2) is 50.5 Å². The Bertz CT molecular complexity index is 1010. The molecule has 1 aliphatic rings. The Hall–Kier alpha value is -2.20. The molecule has 1 aliphatic heterocycles. The Morgan fingerprint density at radius 2 is 1.83 bits per heavy atom. The molecule has 162 valence electrons. The van der Waals surface area contributed by atoms with Crippen LogP contribution in [0.5, 0.6) is 5.75 Å². The Morgan fingerprint density at radius 1 is 1.20 bits per heavy atom. The van der Waals surface area contributed by atoms with Gasteiger partial charge in [-0.3, -0.25) is 4.79 Å². The lowest BCUT2D eigenvalue weighted by atomic mass is 10.3. The number of ether oxygens (including phenoxy) is 2. The van der Waals surface area contributed by atoms with Crippen LogP contribution in [0.1, 0.15) is 13.8 Å². The molecule has 0 unspecified atom stereocenters. The van der Waals surface area contributed by atoms with E-state index in [1.165, 1.54) is 40.7 Å². The Kier molecular flexibility index (Phi) is 6.97. The monoisotopic (exact) mass is 456 g/mol. The average Bonchev–Trinajstić information content (AvgIpc) is 2.68. The first-order valence-electron chi connectivity index (χ1n) is 9.28. The summed E-state index contributed by atoms with van der Waals surface area (Å²) in [5.74, 6) is -0.779. The van der Waals surface area contributed by atoms with Gasteiger partial charge in [0, 0.05) is 24.8 Å². The molecule has 1 N–H and O–H groups in total. The lowest BCUT2D eigenvalue weighted by Crippen LogP contribution is -2.48. The maximum Gasteiger partial charge on any atom is 0.262 e. The fourth-order valence-corrected chi connectivity index (χ4v) is 4.86. The van der Waals surface area contributed by atoms with Crippen molar-refractivity contribution in [3.8, 4) is 5.75 Å². The van der Waals surface area contributed by atoms with E-state index in [2.05, 4.69) is 5.32 Å². The van der Waals surface area contributed by atoms with Crippen molar-refractivity contribution < 1.29 is 27.1 Å². The van der Waals surface area contributed by atoms with Crippen LogP contribution in [-0.2, 0) is 19.6 Å². The highest BCUT2D eigenvalue weighted by molar-refractivity contribution is 7.89. The first-order valence-corrected chi connectivity index (χ1v) is 11.1. The molecular formula is C20H22ClFN2O5S. The molecule has 0 radical (unpaired) electrons. The highest BCUT2D eigenvalue weighted by atomic mass is 35.5. The molecule has 2 aromatic rings. The van der Waals surface area contributed by atoms with Gasteiger partial charge in [0.15, 0.2) is 6.61 Å². The van der Waals surface area contributed by atoms with Gasteiger partial charge in [0.2, 0.25) is 10.0 Å². The molecule has 0 spiro atoms. The van der Waals surface area contributed by atoms with Gasteiger partial charge in [-0.25, -0.2) is 12.8 Å². The number of amides is 1. The van der Waals surface area contributed by atoms with Gasteiger partial charge in [-0.05, 0) is 50.2 Å². The molecule has 10 heteroatoms. The summed E-state index contributed by atoms with van der Waals surface area (Å²) in [4.78, 5) is 12.2. The molecule has 1 amide bonds. The molecule has 0 aromatic heterocycles. The van der Waals surface area contributed by atoms with E-state index in [1.54, 1.807) is 0 Å². The van der Waals surface area contributed by atoms with Gasteiger partial charge >= 0.3 is 0 Å². The van der Waals surface area contributed by atoms with Crippen LogP contribution in [0, 0.1) is 5.82 Å². The summed E-state index contributed by atoms with van der Waals surface area (Å²) in [5, 5.41) is 2.51. The van der Waals surface area contributed by atoms with E-state index in [0.29, 0.717) is 5.69 Å². The number of hydrogen-bond acceptors (Lipinski definition) is 5. The molecule has 30 heavy (non-hydrogen) atoms. The fraction of sp³-hybridized carbons (Fsp3) is 0.350. The minimum Gasteiger partial charge on any atom is -0.484 e. The summed E-state index contributed by atoms with van der Waals surface area (Å²) in [6.45, 7) is 3.93. The van der Waals surface area contributed by atoms with Crippen molar-refractivity contribution in [2.24, 2.45) is 0 Å². The van der Waals surface area contributed by atoms with Crippen molar-refractivity contribution in [2.45, 2.75) is 31.0 Å². The van der Waals surface area contributed by atoms with Crippen molar-refractivity contribution in [2.75, 3.05) is 25.0 Å². The first-order chi connectivity index (χ1) is 14.1. The summed E-state index contributed by atoms with van der Waals surface area (Å²) in [5.41, 5.74) is 0.420. The lowest BCUT2D eigenvalue weighted by Gasteiger charge is -2.34. The van der Waals surface area contributed by atoms with Crippen LogP contribution in [0.25, 0.3) is 0 Å². The van der Waals surface area contributed by atoms with Gasteiger partial charge in [-0.1, -0.05) is 11.6 Å². The third-order valence-electron chi connectivity index (χ3n) is 4.42. The minimum atomic E-state index is -3.65. The number of carbonyl (C=O) groups excluding carboxylic acids is 1. The average molecular weight is 457 g/mol. The summed E-state index contributed by atoms with van der Waals surface area (Å²) in [6.07, 6.45) is -0.365. The number of nitrogens with one attached hydrogen (secondary N) is 1. The molecule has 1 saturated heterocycles. The number of hydrogen-bond donors (Lipinski definition) is 1. The SMILES string of the molecule is C[C@@H]1CN(S(=O)(=O)c2ccc(NC(=O)COc3ccc(F)c(Cl)c3)cc2)C[C@H](C)O1. The molecule has 3 rings (SSSR count). The van der Waals surface area contributed by atoms with Crippen molar-refractivity contribution in [3.63, 3.8) is 0 Å². The zero-order valence-corrected chi connectivity index (χ0v) is 18.0. The predicted octanol–water partition coefficient (Wildman–Crippen LogP) is 3.29. The molecule has 0 bridgehead atoms. The maximum atomic E-state index is 13.1. The van der Waals surface area contributed by atoms with Crippen molar-refractivity contribution in [3.05, 3.63) is 53.3 Å². The Balaban J connectivity index is 1.59. The molecule has 7 nitrogen and oxygen atoms in total. The Morgan fingerprint density at radius 3 is 2.43 bits per heavy atom. The van der Waals surface area contributed by atoms with E-state index in [1.807, 2.05) is 13.8 Å². The van der Waals surface area contributed by atoms with E-state index < -0.39 is 21.7 Å². The highest BCUT2D eigenvalue weighted by Gasteiger charge is 2.32. The van der Waals surface area contributed by atoms with Crippen molar-refractivity contribution in [1.29, 1.82) is 0 Å². The number of benzene rings is 2. The van der Waals surface area contributed by atoms with Gasteiger partial charge in [0.05, 0.1) is 22.1 Å². The number of morpholine rings is 1. The standard InChI is InChI=1S/C20H22ClFN2O5S/c1-13-10-24(11-14(2)29-13)30(26,27)17-6-3-15(4-7-17)23-20(25)12-28-16-5-8-19(22)18(21)9-16/h3-9,13-14H,10-12H2,1-2H3,(H,23,25)/t13-,14+. The maximum absolute atomic E-state index is 13.1. The van der Waals surface area contributed by atoms with Gasteiger partial charge in [-0.15, -0.1) is 0 Å². The topological polar surface area (TPSA) is 84.9 Å². The van der Waals surface area contributed by atoms with E-state index in [4.69, 9.17) is 21.1 Å². The van der Waals surface area contributed by atoms with Crippen LogP contribution >= 0.6 is 11.6 Å². The summed E-state index contributed by atoms with van der Waals surface area (Å²) >= 11 is 5.67. The summed E-state index contributed by atoms with van der Waals surface area (Å²) in [6, 6.07) is 9.68. The van der Waals surface area contributed by atoms with Crippen LogP contribution in [0.4, 0.5) is 10.1 Å². The van der Waals surface area contributed by atoms with Gasteiger partial charge in [-0.2, -0.15) is 4.31 Å². The van der Waals surface area contributed by atoms with E-state index in [-0.39, 0.29) is 47.6 Å². The van der Waals surface area contributed by atoms with Gasteiger partial charge in [0.25, 0.3) is 5.91 Å². The smallest absolute Gasteiger partial charge is 0.262 e. The number of nitrogens with zero attached hydrogens (tertiary/aromatic N) is 1. The zero-order valence-electron chi connectivity index (χ0n) is 16.5. The van der Waals surface area contributed by atoms with Gasteiger partial charge in [0.1, 0.15) is 11.6 Å². The molecular weight excluding hydrogens is 435 g/mol. The van der Waals surface area contributed by atoms with Crippen LogP contribution in [0.2, 0.25) is 5.02 Å². The number of sulfonamides is 1. The minimum absolute atomic E-state index is 0.103. The number of carbonyl (C=O) groups is 1. The molecule has 1 fully saturated rings. The number of anilines is 1. The van der Waals surface area contributed by atoms with E-state index >= 15 is 0 Å². The first kappa shape index (κ1) is 22.5. The van der Waals surface area contributed by atoms with Crippen LogP contribution in [0.3, 0.4) is 0 Å². The Labute approximate surface area is 179 Å². The van der Waals surface area contributed by atoms with Gasteiger partial charge < -0.3 is 14.8 Å². The second-order valence-corrected chi connectivity index (χ2v) is 9.36. The second kappa shape index (κ2) is 9.30. The predicted molar refractivity (Wildman–Crippen MR) is 111 cm³/mol. The molecule has 0 aliphatic carbocycles. The van der Waals surface area contributed by atoms with E-state index in [9.17, 15) is 17.6 Å². The largest absolute Gasteiger partial charge is 0.484 e. The third kappa shape index (κ3) is 5.48. The van der Waals surface area contributed by atoms with Crippen LogP contribution < -0.4 is 10.1 Å². The summed E-state index contributed by atoms with van der Waals surface area (Å²) < 4.78 is 51.1. The molecule has 1 heterocycles. The quantitative estimate of drug-likeness (QED) is 0.721.